The van der Waals surface area contributed by atoms with Gasteiger partial charge in [-0.15, -0.1) is 0 Å². The van der Waals surface area contributed by atoms with Gasteiger partial charge >= 0.3 is 5.97 Å². The Morgan fingerprint density at radius 2 is 1.79 bits per heavy atom. The van der Waals surface area contributed by atoms with Gasteiger partial charge in [-0.1, -0.05) is 27.7 Å². The number of amides is 1. The van der Waals surface area contributed by atoms with Crippen LogP contribution in [0, 0.1) is 11.3 Å². The lowest BCUT2D eigenvalue weighted by atomic mass is 9.89. The molecule has 1 aliphatic heterocycles. The monoisotopic (exact) mass is 391 g/mol. The van der Waals surface area contributed by atoms with E-state index in [1.807, 2.05) is 13.8 Å². The predicted octanol–water partition coefficient (Wildman–Crippen LogP) is 3.06. The third-order valence-electron chi connectivity index (χ3n) is 4.72. The maximum Gasteiger partial charge on any atom is 0.308 e. The third kappa shape index (κ3) is 5.24. The Hall–Kier alpha value is -2.57. The van der Waals surface area contributed by atoms with Crippen LogP contribution in [0.2, 0.25) is 0 Å². The van der Waals surface area contributed by atoms with Crippen LogP contribution < -0.4 is 9.47 Å². The van der Waals surface area contributed by atoms with Crippen molar-refractivity contribution < 1.29 is 28.6 Å². The van der Waals surface area contributed by atoms with E-state index in [2.05, 4.69) is 0 Å². The Labute approximate surface area is 165 Å². The van der Waals surface area contributed by atoms with Gasteiger partial charge in [-0.2, -0.15) is 0 Å². The molecule has 0 fully saturated rings. The molecule has 0 saturated carbocycles. The molecule has 1 atom stereocenters. The van der Waals surface area contributed by atoms with E-state index in [1.54, 1.807) is 46.0 Å². The fraction of sp³-hybridized carbons (Fsp3) is 0.571. The molecule has 0 N–H and O–H groups in total. The molecular weight excluding hydrogens is 362 g/mol. The first kappa shape index (κ1) is 21.7. The summed E-state index contributed by atoms with van der Waals surface area (Å²) >= 11 is 0. The Balaban J connectivity index is 1.97. The highest BCUT2D eigenvalue weighted by molar-refractivity contribution is 6.02. The number of fused-ring (bicyclic) bond motifs is 1. The van der Waals surface area contributed by atoms with Crippen molar-refractivity contribution in [3.05, 3.63) is 23.8 Å². The SMILES string of the molecule is CC(C)C(=O)OCC(C)(C)CC(=O)N(C)[C@@H](C)C(=O)c1ccc2c(c1)OCO2. The molecule has 0 spiro atoms. The average molecular weight is 391 g/mol. The van der Waals surface area contributed by atoms with Crippen molar-refractivity contribution in [1.82, 2.24) is 4.90 Å². The molecule has 0 saturated heterocycles. The number of esters is 1. The standard InChI is InChI=1S/C21H29NO6/c1-13(2)20(25)26-11-21(4,5)10-18(23)22(6)14(3)19(24)15-7-8-16-17(9-15)28-12-27-16/h7-9,13-14H,10-12H2,1-6H3/t14-/m0/s1. The average Bonchev–Trinajstić information content (AvgIpc) is 3.11. The highest BCUT2D eigenvalue weighted by Crippen LogP contribution is 2.33. The van der Waals surface area contributed by atoms with Crippen LogP contribution in [0.4, 0.5) is 0 Å². The number of nitrogens with zero attached hydrogens (tertiary/aromatic N) is 1. The molecule has 28 heavy (non-hydrogen) atoms. The van der Waals surface area contributed by atoms with Crippen molar-refractivity contribution in [3.8, 4) is 11.5 Å². The molecule has 1 aromatic carbocycles. The summed E-state index contributed by atoms with van der Waals surface area (Å²) in [7, 11) is 1.61. The zero-order valence-electron chi connectivity index (χ0n) is 17.4. The van der Waals surface area contributed by atoms with Gasteiger partial charge < -0.3 is 19.1 Å². The smallest absolute Gasteiger partial charge is 0.308 e. The van der Waals surface area contributed by atoms with Crippen molar-refractivity contribution in [2.75, 3.05) is 20.4 Å². The maximum absolute atomic E-state index is 12.8. The minimum atomic E-state index is -0.637. The number of benzene rings is 1. The van der Waals surface area contributed by atoms with E-state index in [4.69, 9.17) is 14.2 Å². The number of ketones is 1. The molecule has 1 aromatic rings. The van der Waals surface area contributed by atoms with Crippen LogP contribution in [0.3, 0.4) is 0 Å². The van der Waals surface area contributed by atoms with Gasteiger partial charge in [0.1, 0.15) is 0 Å². The summed E-state index contributed by atoms with van der Waals surface area (Å²) < 4.78 is 15.8. The fourth-order valence-electron chi connectivity index (χ4n) is 2.70. The predicted molar refractivity (Wildman–Crippen MR) is 103 cm³/mol. The summed E-state index contributed by atoms with van der Waals surface area (Å²) in [5.74, 6) is 0.255. The van der Waals surface area contributed by atoms with Gasteiger partial charge in [0.25, 0.3) is 0 Å². The molecule has 2 rings (SSSR count). The number of rotatable bonds is 8. The Morgan fingerprint density at radius 1 is 1.14 bits per heavy atom. The van der Waals surface area contributed by atoms with E-state index in [9.17, 15) is 14.4 Å². The second-order valence-electron chi connectivity index (χ2n) is 8.22. The van der Waals surface area contributed by atoms with Crippen molar-refractivity contribution in [3.63, 3.8) is 0 Å². The third-order valence-corrected chi connectivity index (χ3v) is 4.72. The summed E-state index contributed by atoms with van der Waals surface area (Å²) in [6.45, 7) is 9.21. The molecule has 154 valence electrons. The molecule has 1 aliphatic rings. The Kier molecular flexibility index (Phi) is 6.69. The quantitative estimate of drug-likeness (QED) is 0.500. The molecule has 0 radical (unpaired) electrons. The van der Waals surface area contributed by atoms with Gasteiger partial charge in [-0.25, -0.2) is 0 Å². The van der Waals surface area contributed by atoms with E-state index in [0.717, 1.165) is 0 Å². The van der Waals surface area contributed by atoms with Gasteiger partial charge in [0.15, 0.2) is 17.3 Å². The number of hydrogen-bond donors (Lipinski definition) is 0. The summed E-state index contributed by atoms with van der Waals surface area (Å²) in [5.41, 5.74) is -0.0706. The van der Waals surface area contributed by atoms with Crippen LogP contribution in [0.25, 0.3) is 0 Å². The van der Waals surface area contributed by atoms with Gasteiger partial charge in [-0.05, 0) is 25.1 Å². The molecular formula is C21H29NO6. The van der Waals surface area contributed by atoms with Gasteiger partial charge in [0.2, 0.25) is 12.7 Å². The number of hydrogen-bond acceptors (Lipinski definition) is 6. The molecule has 7 heteroatoms. The highest BCUT2D eigenvalue weighted by Gasteiger charge is 2.30. The molecule has 0 bridgehead atoms. The number of carbonyl (C=O) groups is 3. The number of likely N-dealkylation sites (N-methyl/N-ethyl adjacent to an activating group) is 1. The minimum Gasteiger partial charge on any atom is -0.465 e. The maximum atomic E-state index is 12.8. The van der Waals surface area contributed by atoms with Crippen LogP contribution in [-0.2, 0) is 14.3 Å². The Bertz CT molecular complexity index is 755. The zero-order chi connectivity index (χ0) is 21.1. The first-order chi connectivity index (χ1) is 13.0. The Morgan fingerprint density at radius 3 is 2.43 bits per heavy atom. The molecule has 0 aromatic heterocycles. The highest BCUT2D eigenvalue weighted by atomic mass is 16.7. The van der Waals surface area contributed by atoms with Crippen LogP contribution in [0.15, 0.2) is 18.2 Å². The van der Waals surface area contributed by atoms with Crippen molar-refractivity contribution >= 4 is 17.7 Å². The number of Topliss-reactive ketones (excluding diaryl/α,β-unsaturated/α-hetero) is 1. The molecule has 0 unspecified atom stereocenters. The van der Waals surface area contributed by atoms with Crippen LogP contribution in [0.5, 0.6) is 11.5 Å². The largest absolute Gasteiger partial charge is 0.465 e. The summed E-state index contributed by atoms with van der Waals surface area (Å²) in [4.78, 5) is 38.6. The van der Waals surface area contributed by atoms with Gasteiger partial charge in [0, 0.05) is 24.4 Å². The molecule has 1 amide bonds. The van der Waals surface area contributed by atoms with E-state index in [-0.39, 0.29) is 43.4 Å². The van der Waals surface area contributed by atoms with Crippen LogP contribution in [0.1, 0.15) is 51.4 Å². The second-order valence-corrected chi connectivity index (χ2v) is 8.22. The lowest BCUT2D eigenvalue weighted by molar-refractivity contribution is -0.152. The normalized spacial score (nSPS) is 14.0. The molecule has 1 heterocycles. The minimum absolute atomic E-state index is 0.136. The zero-order valence-corrected chi connectivity index (χ0v) is 17.4. The van der Waals surface area contributed by atoms with E-state index in [1.165, 1.54) is 4.90 Å². The number of ether oxygens (including phenoxy) is 3. The van der Waals surface area contributed by atoms with E-state index >= 15 is 0 Å². The topological polar surface area (TPSA) is 82.1 Å². The summed E-state index contributed by atoms with van der Waals surface area (Å²) in [6, 6.07) is 4.35. The van der Waals surface area contributed by atoms with Crippen molar-refractivity contribution in [2.24, 2.45) is 11.3 Å². The van der Waals surface area contributed by atoms with Crippen molar-refractivity contribution in [1.29, 1.82) is 0 Å². The lowest BCUT2D eigenvalue weighted by Crippen LogP contribution is -2.42. The van der Waals surface area contributed by atoms with Crippen LogP contribution in [-0.4, -0.2) is 49.0 Å². The number of carbonyl (C=O) groups excluding carboxylic acids is 3. The summed E-state index contributed by atoms with van der Waals surface area (Å²) in [5, 5.41) is 0. The summed E-state index contributed by atoms with van der Waals surface area (Å²) in [6.07, 6.45) is 0.160. The molecule has 0 aliphatic carbocycles. The molecule has 7 nitrogen and oxygen atoms in total. The second kappa shape index (κ2) is 8.63. The van der Waals surface area contributed by atoms with Crippen molar-refractivity contribution in [2.45, 2.75) is 47.1 Å². The van der Waals surface area contributed by atoms with Gasteiger partial charge in [-0.3, -0.25) is 14.4 Å². The van der Waals surface area contributed by atoms with E-state index in [0.29, 0.717) is 17.1 Å². The fourth-order valence-corrected chi connectivity index (χ4v) is 2.70. The van der Waals surface area contributed by atoms with E-state index < -0.39 is 11.5 Å². The lowest BCUT2D eigenvalue weighted by Gasteiger charge is -2.29. The first-order valence-corrected chi connectivity index (χ1v) is 9.38. The van der Waals surface area contributed by atoms with Gasteiger partial charge in [0.05, 0.1) is 18.6 Å². The first-order valence-electron chi connectivity index (χ1n) is 9.38. The van der Waals surface area contributed by atoms with Crippen LogP contribution >= 0.6 is 0 Å².